The van der Waals surface area contributed by atoms with Gasteiger partial charge in [0.2, 0.25) is 0 Å². The summed E-state index contributed by atoms with van der Waals surface area (Å²) in [6.07, 6.45) is 4.44. The molecule has 1 amide bonds. The van der Waals surface area contributed by atoms with Crippen molar-refractivity contribution < 1.29 is 9.53 Å². The Balaban J connectivity index is 1.67. The van der Waals surface area contributed by atoms with E-state index in [1.165, 1.54) is 0 Å². The fourth-order valence-electron chi connectivity index (χ4n) is 3.24. The van der Waals surface area contributed by atoms with E-state index in [1.54, 1.807) is 18.0 Å². The van der Waals surface area contributed by atoms with Crippen LogP contribution in [0.5, 0.6) is 5.75 Å². The Morgan fingerprint density at radius 1 is 1.38 bits per heavy atom. The van der Waals surface area contributed by atoms with Gasteiger partial charge in [-0.3, -0.25) is 9.48 Å². The summed E-state index contributed by atoms with van der Waals surface area (Å²) in [5.74, 6) is 1.27. The fraction of sp³-hybridized carbons (Fsp3) is 0.444. The molecule has 0 radical (unpaired) electrons. The van der Waals surface area contributed by atoms with Crippen molar-refractivity contribution in [3.63, 3.8) is 0 Å². The SMILES string of the molecule is COc1ccc(Cn2cc(C(=O)N3CC(CN)CC3C)cn2)cc1. The van der Waals surface area contributed by atoms with Crippen LogP contribution in [0, 0.1) is 5.92 Å². The molecule has 1 saturated heterocycles. The van der Waals surface area contributed by atoms with E-state index in [0.717, 1.165) is 24.3 Å². The number of aromatic nitrogens is 2. The lowest BCUT2D eigenvalue weighted by Crippen LogP contribution is -2.34. The minimum atomic E-state index is 0.0411. The van der Waals surface area contributed by atoms with Gasteiger partial charge in [0.25, 0.3) is 5.91 Å². The molecule has 2 heterocycles. The number of nitrogens with zero attached hydrogens (tertiary/aromatic N) is 3. The maximum atomic E-state index is 12.7. The van der Waals surface area contributed by atoms with Crippen molar-refractivity contribution in [2.24, 2.45) is 11.7 Å². The minimum Gasteiger partial charge on any atom is -0.497 e. The van der Waals surface area contributed by atoms with Crippen molar-refractivity contribution in [3.05, 3.63) is 47.8 Å². The molecular formula is C18H24N4O2. The highest BCUT2D eigenvalue weighted by atomic mass is 16.5. The average Bonchev–Trinajstić information content (AvgIpc) is 3.21. The van der Waals surface area contributed by atoms with Crippen molar-refractivity contribution >= 4 is 5.91 Å². The third-order valence-corrected chi connectivity index (χ3v) is 4.64. The number of amides is 1. The maximum absolute atomic E-state index is 12.7. The summed E-state index contributed by atoms with van der Waals surface area (Å²) >= 11 is 0. The van der Waals surface area contributed by atoms with Crippen molar-refractivity contribution in [1.82, 2.24) is 14.7 Å². The first-order chi connectivity index (χ1) is 11.6. The number of nitrogens with two attached hydrogens (primary N) is 1. The summed E-state index contributed by atoms with van der Waals surface area (Å²) in [7, 11) is 1.65. The van der Waals surface area contributed by atoms with Crippen LogP contribution in [0.4, 0.5) is 0 Å². The molecule has 2 atom stereocenters. The average molecular weight is 328 g/mol. The minimum absolute atomic E-state index is 0.0411. The number of benzene rings is 1. The molecule has 2 unspecified atom stereocenters. The van der Waals surface area contributed by atoms with Crippen LogP contribution >= 0.6 is 0 Å². The molecule has 6 heteroatoms. The Morgan fingerprint density at radius 2 is 2.12 bits per heavy atom. The molecule has 24 heavy (non-hydrogen) atoms. The van der Waals surface area contributed by atoms with Gasteiger partial charge >= 0.3 is 0 Å². The maximum Gasteiger partial charge on any atom is 0.257 e. The molecule has 3 rings (SSSR count). The molecule has 1 aliphatic heterocycles. The summed E-state index contributed by atoms with van der Waals surface area (Å²) < 4.78 is 6.95. The molecule has 2 N–H and O–H groups in total. The van der Waals surface area contributed by atoms with Crippen LogP contribution in [0.1, 0.15) is 29.3 Å². The topological polar surface area (TPSA) is 73.4 Å². The summed E-state index contributed by atoms with van der Waals surface area (Å²) in [6, 6.07) is 8.07. The van der Waals surface area contributed by atoms with Crippen LogP contribution in [-0.4, -0.2) is 46.8 Å². The molecule has 2 aromatic rings. The van der Waals surface area contributed by atoms with Crippen molar-refractivity contribution in [2.45, 2.75) is 25.9 Å². The Morgan fingerprint density at radius 3 is 2.75 bits per heavy atom. The zero-order valence-corrected chi connectivity index (χ0v) is 14.2. The van der Waals surface area contributed by atoms with Gasteiger partial charge in [0.15, 0.2) is 0 Å². The van der Waals surface area contributed by atoms with E-state index in [2.05, 4.69) is 12.0 Å². The highest BCUT2D eigenvalue weighted by Crippen LogP contribution is 2.24. The quantitative estimate of drug-likeness (QED) is 0.907. The highest BCUT2D eigenvalue weighted by molar-refractivity contribution is 5.94. The number of likely N-dealkylation sites (tertiary alicyclic amines) is 1. The van der Waals surface area contributed by atoms with Crippen LogP contribution in [0.2, 0.25) is 0 Å². The van der Waals surface area contributed by atoms with Crippen LogP contribution in [0.15, 0.2) is 36.7 Å². The van der Waals surface area contributed by atoms with E-state index >= 15 is 0 Å². The summed E-state index contributed by atoms with van der Waals surface area (Å²) in [4.78, 5) is 14.6. The van der Waals surface area contributed by atoms with Gasteiger partial charge in [-0.1, -0.05) is 12.1 Å². The second kappa shape index (κ2) is 7.05. The molecule has 0 aliphatic carbocycles. The number of ether oxygens (including phenoxy) is 1. The van der Waals surface area contributed by atoms with Crippen molar-refractivity contribution in [3.8, 4) is 5.75 Å². The number of rotatable bonds is 5. The van der Waals surface area contributed by atoms with Gasteiger partial charge in [-0.2, -0.15) is 5.10 Å². The molecule has 1 fully saturated rings. The third kappa shape index (κ3) is 3.43. The van der Waals surface area contributed by atoms with E-state index in [-0.39, 0.29) is 11.9 Å². The van der Waals surface area contributed by atoms with E-state index < -0.39 is 0 Å². The number of hydrogen-bond donors (Lipinski definition) is 1. The van der Waals surface area contributed by atoms with Gasteiger partial charge in [-0.05, 0) is 43.5 Å². The van der Waals surface area contributed by atoms with E-state index in [9.17, 15) is 4.79 Å². The Kier molecular flexibility index (Phi) is 4.85. The first-order valence-corrected chi connectivity index (χ1v) is 8.27. The molecular weight excluding hydrogens is 304 g/mol. The van der Waals surface area contributed by atoms with E-state index in [4.69, 9.17) is 10.5 Å². The number of hydrogen-bond acceptors (Lipinski definition) is 4. The van der Waals surface area contributed by atoms with E-state index in [0.29, 0.717) is 24.6 Å². The van der Waals surface area contributed by atoms with Gasteiger partial charge in [-0.25, -0.2) is 0 Å². The van der Waals surface area contributed by atoms with E-state index in [1.807, 2.05) is 35.4 Å². The summed E-state index contributed by atoms with van der Waals surface area (Å²) in [5.41, 5.74) is 7.48. The molecule has 1 aromatic heterocycles. The second-order valence-electron chi connectivity index (χ2n) is 6.42. The van der Waals surface area contributed by atoms with Gasteiger partial charge in [0, 0.05) is 18.8 Å². The fourth-order valence-corrected chi connectivity index (χ4v) is 3.24. The lowest BCUT2D eigenvalue weighted by molar-refractivity contribution is 0.0743. The van der Waals surface area contributed by atoms with Crippen LogP contribution in [0.25, 0.3) is 0 Å². The normalized spacial score (nSPS) is 20.4. The summed E-state index contributed by atoms with van der Waals surface area (Å²) in [6.45, 7) is 4.07. The van der Waals surface area contributed by atoms with Crippen molar-refractivity contribution in [2.75, 3.05) is 20.2 Å². The third-order valence-electron chi connectivity index (χ3n) is 4.64. The number of carbonyl (C=O) groups is 1. The zero-order chi connectivity index (χ0) is 17.1. The zero-order valence-electron chi connectivity index (χ0n) is 14.2. The number of carbonyl (C=O) groups excluding carboxylic acids is 1. The smallest absolute Gasteiger partial charge is 0.257 e. The molecule has 1 aliphatic rings. The summed E-state index contributed by atoms with van der Waals surface area (Å²) in [5, 5.41) is 4.32. The highest BCUT2D eigenvalue weighted by Gasteiger charge is 2.32. The monoisotopic (exact) mass is 328 g/mol. The Labute approximate surface area is 142 Å². The molecule has 6 nitrogen and oxygen atoms in total. The molecule has 128 valence electrons. The van der Waals surface area contributed by atoms with Crippen LogP contribution < -0.4 is 10.5 Å². The molecule has 0 saturated carbocycles. The first-order valence-electron chi connectivity index (χ1n) is 8.27. The standard InChI is InChI=1S/C18H24N4O2/c1-13-7-15(8-19)11-22(13)18(23)16-9-20-21(12-16)10-14-3-5-17(24-2)6-4-14/h3-6,9,12-13,15H,7-8,10-11,19H2,1-2H3. The molecule has 0 spiro atoms. The van der Waals surface area contributed by atoms with Crippen LogP contribution in [0.3, 0.4) is 0 Å². The van der Waals surface area contributed by atoms with Crippen molar-refractivity contribution in [1.29, 1.82) is 0 Å². The van der Waals surface area contributed by atoms with Gasteiger partial charge < -0.3 is 15.4 Å². The second-order valence-corrected chi connectivity index (χ2v) is 6.42. The van der Waals surface area contributed by atoms with Crippen LogP contribution in [-0.2, 0) is 6.54 Å². The predicted molar refractivity (Wildman–Crippen MR) is 92.0 cm³/mol. The molecule has 1 aromatic carbocycles. The predicted octanol–water partition coefficient (Wildman–Crippen LogP) is 1.75. The number of methoxy groups -OCH3 is 1. The lowest BCUT2D eigenvalue weighted by Gasteiger charge is -2.20. The Bertz CT molecular complexity index is 695. The van der Waals surface area contributed by atoms with Gasteiger partial charge in [-0.15, -0.1) is 0 Å². The van der Waals surface area contributed by atoms with Gasteiger partial charge in [0.1, 0.15) is 5.75 Å². The van der Waals surface area contributed by atoms with Gasteiger partial charge in [0.05, 0.1) is 25.4 Å². The molecule has 0 bridgehead atoms. The first kappa shape index (κ1) is 16.5. The largest absolute Gasteiger partial charge is 0.497 e. The lowest BCUT2D eigenvalue weighted by atomic mass is 10.1. The Hall–Kier alpha value is -2.34.